The van der Waals surface area contributed by atoms with Gasteiger partial charge in [0.2, 0.25) is 5.91 Å². The van der Waals surface area contributed by atoms with Crippen LogP contribution in [0.3, 0.4) is 0 Å². The molecule has 0 fully saturated rings. The lowest BCUT2D eigenvalue weighted by Crippen LogP contribution is -2.31. The fourth-order valence-corrected chi connectivity index (χ4v) is 2.84. The number of hydrogen-bond acceptors (Lipinski definition) is 3. The summed E-state index contributed by atoms with van der Waals surface area (Å²) in [5, 5.41) is 4.06. The summed E-state index contributed by atoms with van der Waals surface area (Å²) >= 11 is 0. The molecule has 146 valence electrons. The summed E-state index contributed by atoms with van der Waals surface area (Å²) < 4.78 is 40.1. The Bertz CT molecular complexity index is 937. The Hall–Kier alpha value is -3.16. The van der Waals surface area contributed by atoms with E-state index >= 15 is 0 Å². The number of carbonyl (C=O) groups excluding carboxylic acids is 1. The van der Waals surface area contributed by atoms with Gasteiger partial charge in [-0.2, -0.15) is 18.3 Å². The first-order valence-corrected chi connectivity index (χ1v) is 8.62. The molecule has 0 saturated heterocycles. The number of likely N-dealkylation sites (N-methyl/N-ethyl adjacent to an activating group) is 1. The average Bonchev–Trinajstić information content (AvgIpc) is 3.21. The third kappa shape index (κ3) is 4.39. The summed E-state index contributed by atoms with van der Waals surface area (Å²) in [5.74, 6) is -0.257. The van der Waals surface area contributed by atoms with Crippen LogP contribution in [0.1, 0.15) is 29.7 Å². The van der Waals surface area contributed by atoms with E-state index in [0.717, 1.165) is 23.4 Å². The van der Waals surface area contributed by atoms with E-state index in [-0.39, 0.29) is 18.4 Å². The standard InChI is InChI=1S/C20H19F3N4O/c1-14(16-6-8-18(9-7-16)27-13-24-12-25-27)26(2)19(28)11-15-4-3-5-17(10-15)20(21,22)23/h3-10,12-14H,11H2,1-2H3. The quantitative estimate of drug-likeness (QED) is 0.663. The van der Waals surface area contributed by atoms with E-state index in [4.69, 9.17) is 0 Å². The molecule has 28 heavy (non-hydrogen) atoms. The summed E-state index contributed by atoms with van der Waals surface area (Å²) in [6.07, 6.45) is -1.49. The van der Waals surface area contributed by atoms with Gasteiger partial charge in [0.25, 0.3) is 0 Å². The smallest absolute Gasteiger partial charge is 0.339 e. The maximum atomic E-state index is 12.8. The molecule has 0 N–H and O–H groups in total. The highest BCUT2D eigenvalue weighted by Crippen LogP contribution is 2.30. The lowest BCUT2D eigenvalue weighted by molar-refractivity contribution is -0.138. The number of rotatable bonds is 5. The molecule has 3 aromatic rings. The molecule has 0 saturated carbocycles. The van der Waals surface area contributed by atoms with Crippen LogP contribution in [0.4, 0.5) is 13.2 Å². The molecule has 5 nitrogen and oxygen atoms in total. The van der Waals surface area contributed by atoms with Crippen LogP contribution in [0.15, 0.2) is 61.2 Å². The van der Waals surface area contributed by atoms with Gasteiger partial charge in [0.05, 0.1) is 23.7 Å². The third-order valence-electron chi connectivity index (χ3n) is 4.64. The molecule has 0 aliphatic carbocycles. The summed E-state index contributed by atoms with van der Waals surface area (Å²) in [4.78, 5) is 18.0. The second kappa shape index (κ2) is 7.84. The largest absolute Gasteiger partial charge is 0.416 e. The van der Waals surface area contributed by atoms with Gasteiger partial charge in [-0.05, 0) is 36.2 Å². The van der Waals surface area contributed by atoms with Crippen LogP contribution in [0.25, 0.3) is 5.69 Å². The fourth-order valence-electron chi connectivity index (χ4n) is 2.84. The summed E-state index contributed by atoms with van der Waals surface area (Å²) in [6.45, 7) is 1.87. The van der Waals surface area contributed by atoms with E-state index in [1.807, 2.05) is 31.2 Å². The molecule has 0 aliphatic heterocycles. The van der Waals surface area contributed by atoms with Gasteiger partial charge in [-0.1, -0.05) is 30.3 Å². The highest BCUT2D eigenvalue weighted by Gasteiger charge is 2.30. The number of alkyl halides is 3. The van der Waals surface area contributed by atoms with Gasteiger partial charge in [0, 0.05) is 7.05 Å². The van der Waals surface area contributed by atoms with Gasteiger partial charge in [0.1, 0.15) is 12.7 Å². The highest BCUT2D eigenvalue weighted by atomic mass is 19.4. The Morgan fingerprint density at radius 2 is 1.89 bits per heavy atom. The summed E-state index contributed by atoms with van der Waals surface area (Å²) in [5.41, 5.74) is 1.33. The third-order valence-corrected chi connectivity index (χ3v) is 4.64. The minimum absolute atomic E-state index is 0.0954. The summed E-state index contributed by atoms with van der Waals surface area (Å²) in [7, 11) is 1.64. The lowest BCUT2D eigenvalue weighted by atomic mass is 10.0. The van der Waals surface area contributed by atoms with Crippen molar-refractivity contribution in [2.45, 2.75) is 25.6 Å². The number of nitrogens with zero attached hydrogens (tertiary/aromatic N) is 4. The van der Waals surface area contributed by atoms with Crippen molar-refractivity contribution in [2.24, 2.45) is 0 Å². The van der Waals surface area contributed by atoms with Crippen LogP contribution in [-0.4, -0.2) is 32.6 Å². The minimum Gasteiger partial charge on any atom is -0.339 e. The zero-order chi connectivity index (χ0) is 20.3. The van der Waals surface area contributed by atoms with Gasteiger partial charge in [-0.25, -0.2) is 9.67 Å². The molecule has 0 aliphatic rings. The van der Waals surface area contributed by atoms with E-state index in [9.17, 15) is 18.0 Å². The first-order valence-electron chi connectivity index (χ1n) is 8.62. The monoisotopic (exact) mass is 388 g/mol. The molecule has 1 amide bonds. The zero-order valence-corrected chi connectivity index (χ0v) is 15.4. The first kappa shape index (κ1) is 19.6. The van der Waals surface area contributed by atoms with Crippen LogP contribution in [0.2, 0.25) is 0 Å². The second-order valence-electron chi connectivity index (χ2n) is 6.49. The fraction of sp³-hybridized carbons (Fsp3) is 0.250. The van der Waals surface area contributed by atoms with E-state index in [2.05, 4.69) is 10.1 Å². The maximum absolute atomic E-state index is 12.8. The van der Waals surface area contributed by atoms with Crippen LogP contribution in [0, 0.1) is 0 Å². The zero-order valence-electron chi connectivity index (χ0n) is 15.4. The molecular formula is C20H19F3N4O. The van der Waals surface area contributed by atoms with Crippen LogP contribution < -0.4 is 0 Å². The number of halogens is 3. The Labute approximate surface area is 160 Å². The lowest BCUT2D eigenvalue weighted by Gasteiger charge is -2.26. The Morgan fingerprint density at radius 1 is 1.18 bits per heavy atom. The predicted octanol–water partition coefficient (Wildman–Crippen LogP) is 4.05. The second-order valence-corrected chi connectivity index (χ2v) is 6.49. The predicted molar refractivity (Wildman–Crippen MR) is 97.7 cm³/mol. The molecular weight excluding hydrogens is 369 g/mol. The van der Waals surface area contributed by atoms with Gasteiger partial charge in [-0.15, -0.1) is 0 Å². The van der Waals surface area contributed by atoms with Gasteiger partial charge < -0.3 is 4.90 Å². The van der Waals surface area contributed by atoms with Crippen LogP contribution >= 0.6 is 0 Å². The van der Waals surface area contributed by atoms with Crippen molar-refractivity contribution in [1.82, 2.24) is 19.7 Å². The Kier molecular flexibility index (Phi) is 5.48. The van der Waals surface area contributed by atoms with Crippen molar-refractivity contribution in [1.29, 1.82) is 0 Å². The van der Waals surface area contributed by atoms with E-state index < -0.39 is 11.7 Å². The molecule has 1 heterocycles. The molecule has 1 aromatic heterocycles. The number of amides is 1. The van der Waals surface area contributed by atoms with Gasteiger partial charge >= 0.3 is 6.18 Å². The molecule has 0 radical (unpaired) electrons. The highest BCUT2D eigenvalue weighted by molar-refractivity contribution is 5.79. The van der Waals surface area contributed by atoms with Crippen molar-refractivity contribution < 1.29 is 18.0 Å². The van der Waals surface area contributed by atoms with E-state index in [1.165, 1.54) is 23.4 Å². The Balaban J connectivity index is 1.69. The van der Waals surface area contributed by atoms with Crippen molar-refractivity contribution >= 4 is 5.91 Å². The number of hydrogen-bond donors (Lipinski definition) is 0. The first-order chi connectivity index (χ1) is 13.3. The van der Waals surface area contributed by atoms with Gasteiger partial charge in [-0.3, -0.25) is 4.79 Å². The number of benzene rings is 2. The normalized spacial score (nSPS) is 12.6. The average molecular weight is 388 g/mol. The van der Waals surface area contributed by atoms with Crippen molar-refractivity contribution in [3.8, 4) is 5.69 Å². The SMILES string of the molecule is CC(c1ccc(-n2cncn2)cc1)N(C)C(=O)Cc1cccc(C(F)(F)F)c1. The van der Waals surface area contributed by atoms with Crippen molar-refractivity contribution in [3.05, 3.63) is 77.9 Å². The molecule has 0 bridgehead atoms. The van der Waals surface area contributed by atoms with E-state index in [0.29, 0.717) is 5.56 Å². The maximum Gasteiger partial charge on any atom is 0.416 e. The van der Waals surface area contributed by atoms with E-state index in [1.54, 1.807) is 18.1 Å². The van der Waals surface area contributed by atoms with Crippen molar-refractivity contribution in [3.63, 3.8) is 0 Å². The number of aromatic nitrogens is 3. The molecule has 8 heteroatoms. The molecule has 1 atom stereocenters. The molecule has 0 spiro atoms. The molecule has 2 aromatic carbocycles. The van der Waals surface area contributed by atoms with Gasteiger partial charge in [0.15, 0.2) is 0 Å². The molecule has 1 unspecified atom stereocenters. The number of carbonyl (C=O) groups is 1. The topological polar surface area (TPSA) is 51.0 Å². The summed E-state index contributed by atoms with van der Waals surface area (Å²) in [6, 6.07) is 12.1. The Morgan fingerprint density at radius 3 is 2.50 bits per heavy atom. The van der Waals surface area contributed by atoms with Crippen molar-refractivity contribution in [2.75, 3.05) is 7.05 Å². The van der Waals surface area contributed by atoms with Crippen LogP contribution in [0.5, 0.6) is 0 Å². The molecule has 3 rings (SSSR count). The minimum atomic E-state index is -4.43. The van der Waals surface area contributed by atoms with Crippen LogP contribution in [-0.2, 0) is 17.4 Å².